The van der Waals surface area contributed by atoms with Crippen molar-refractivity contribution in [2.45, 2.75) is 20.8 Å². The molecule has 0 N–H and O–H groups in total. The molecule has 1 nitrogen and oxygen atoms in total. The molecule has 0 unspecified atom stereocenters. The van der Waals surface area contributed by atoms with Crippen molar-refractivity contribution in [2.24, 2.45) is 0 Å². The summed E-state index contributed by atoms with van der Waals surface area (Å²) in [5.41, 5.74) is 7.56. The normalized spacial score (nSPS) is 11.5. The molecule has 0 saturated carbocycles. The fraction of sp³-hybridized carbons (Fsp3) is 0.143. The summed E-state index contributed by atoms with van der Waals surface area (Å²) in [4.78, 5) is 0. The number of hydrogen-bond donors (Lipinski definition) is 0. The highest BCUT2D eigenvalue weighted by molar-refractivity contribution is 9.10. The third kappa shape index (κ3) is 2.38. The molecule has 1 aromatic heterocycles. The average Bonchev–Trinajstić information content (AvgIpc) is 2.79. The monoisotopic (exact) mass is 363 g/mol. The van der Waals surface area contributed by atoms with Crippen LogP contribution >= 0.6 is 15.9 Å². The van der Waals surface area contributed by atoms with E-state index in [1.165, 1.54) is 44.2 Å². The van der Waals surface area contributed by atoms with Crippen molar-refractivity contribution in [3.63, 3.8) is 0 Å². The van der Waals surface area contributed by atoms with Crippen molar-refractivity contribution in [3.8, 4) is 5.69 Å². The highest BCUT2D eigenvalue weighted by Crippen LogP contribution is 2.34. The second-order valence-electron chi connectivity index (χ2n) is 6.36. The number of halogens is 1. The van der Waals surface area contributed by atoms with Gasteiger partial charge in [-0.05, 0) is 68.8 Å². The van der Waals surface area contributed by atoms with Crippen LogP contribution in [0, 0.1) is 20.8 Å². The van der Waals surface area contributed by atoms with Gasteiger partial charge in [-0.15, -0.1) is 0 Å². The molecule has 1 heterocycles. The molecule has 0 atom stereocenters. The minimum atomic E-state index is 1.11. The molecule has 0 bridgehead atoms. The molecule has 2 heteroatoms. The summed E-state index contributed by atoms with van der Waals surface area (Å²) < 4.78 is 3.48. The van der Waals surface area contributed by atoms with E-state index in [0.29, 0.717) is 0 Å². The molecule has 4 rings (SSSR count). The van der Waals surface area contributed by atoms with Crippen LogP contribution in [0.2, 0.25) is 0 Å². The maximum Gasteiger partial charge on any atom is 0.0541 e. The molecule has 0 aliphatic carbocycles. The summed E-state index contributed by atoms with van der Waals surface area (Å²) in [6.07, 6.45) is 0. The quantitative estimate of drug-likeness (QED) is 0.365. The number of benzene rings is 3. The third-order valence-electron chi connectivity index (χ3n) is 4.36. The number of aryl methyl sites for hydroxylation is 3. The van der Waals surface area contributed by atoms with Crippen LogP contribution in [0.15, 0.2) is 59.1 Å². The van der Waals surface area contributed by atoms with Crippen molar-refractivity contribution >= 4 is 37.7 Å². The highest BCUT2D eigenvalue weighted by Gasteiger charge is 2.13. The Bertz CT molecular complexity index is 977. The van der Waals surface area contributed by atoms with Gasteiger partial charge in [0.15, 0.2) is 0 Å². The van der Waals surface area contributed by atoms with Crippen molar-refractivity contribution in [2.75, 3.05) is 0 Å². The fourth-order valence-corrected chi connectivity index (χ4v) is 3.97. The van der Waals surface area contributed by atoms with E-state index in [4.69, 9.17) is 0 Å². The van der Waals surface area contributed by atoms with Crippen LogP contribution in [-0.4, -0.2) is 4.57 Å². The van der Waals surface area contributed by atoms with E-state index in [1.807, 2.05) is 0 Å². The first-order valence-corrected chi connectivity index (χ1v) is 8.61. The molecule has 0 amide bonds. The maximum absolute atomic E-state index is 3.64. The van der Waals surface area contributed by atoms with E-state index in [2.05, 4.69) is 95.9 Å². The van der Waals surface area contributed by atoms with E-state index < -0.39 is 0 Å². The highest BCUT2D eigenvalue weighted by atomic mass is 79.9. The first-order valence-electron chi connectivity index (χ1n) is 7.82. The minimum Gasteiger partial charge on any atom is -0.309 e. The summed E-state index contributed by atoms with van der Waals surface area (Å²) in [5.74, 6) is 0. The van der Waals surface area contributed by atoms with Gasteiger partial charge < -0.3 is 4.57 Å². The number of nitrogens with zero attached hydrogens (tertiary/aromatic N) is 1. The molecule has 0 saturated heterocycles. The third-order valence-corrected chi connectivity index (χ3v) is 4.82. The van der Waals surface area contributed by atoms with Gasteiger partial charge in [0.25, 0.3) is 0 Å². The fourth-order valence-electron chi connectivity index (χ4n) is 3.38. The maximum atomic E-state index is 3.64. The predicted molar refractivity (Wildman–Crippen MR) is 103 cm³/mol. The Balaban J connectivity index is 2.19. The van der Waals surface area contributed by atoms with Gasteiger partial charge in [0.05, 0.1) is 11.0 Å². The Morgan fingerprint density at radius 3 is 1.74 bits per heavy atom. The Hall–Kier alpha value is -2.06. The van der Waals surface area contributed by atoms with Crippen LogP contribution in [0.25, 0.3) is 27.5 Å². The van der Waals surface area contributed by atoms with E-state index >= 15 is 0 Å². The van der Waals surface area contributed by atoms with Crippen molar-refractivity contribution in [1.29, 1.82) is 0 Å². The van der Waals surface area contributed by atoms with Crippen LogP contribution in [0.1, 0.15) is 16.7 Å². The van der Waals surface area contributed by atoms with Gasteiger partial charge in [-0.25, -0.2) is 0 Å². The zero-order valence-electron chi connectivity index (χ0n) is 13.5. The lowest BCUT2D eigenvalue weighted by Crippen LogP contribution is -1.94. The number of hydrogen-bond acceptors (Lipinski definition) is 0. The van der Waals surface area contributed by atoms with Crippen LogP contribution in [0.4, 0.5) is 0 Å². The molecule has 23 heavy (non-hydrogen) atoms. The van der Waals surface area contributed by atoms with Gasteiger partial charge in [-0.2, -0.15) is 0 Å². The predicted octanol–water partition coefficient (Wildman–Crippen LogP) is 6.47. The molecule has 0 radical (unpaired) electrons. The molecular weight excluding hydrogens is 346 g/mol. The summed E-state index contributed by atoms with van der Waals surface area (Å²) in [6.45, 7) is 6.44. The zero-order chi connectivity index (χ0) is 16.1. The summed E-state index contributed by atoms with van der Waals surface area (Å²) in [5, 5.41) is 2.64. The molecule has 0 spiro atoms. The van der Waals surface area contributed by atoms with E-state index in [1.54, 1.807) is 0 Å². The Labute approximate surface area is 144 Å². The zero-order valence-corrected chi connectivity index (χ0v) is 15.1. The second-order valence-corrected chi connectivity index (χ2v) is 7.28. The minimum absolute atomic E-state index is 1.11. The number of aromatic nitrogens is 1. The standard InChI is InChI=1S/C21H18BrN/c1-13-4-6-20-18(10-13)19-11-14(2)5-7-21(19)23(20)17-9-15(3)8-16(22)12-17/h4-12H,1-3H3. The Morgan fingerprint density at radius 1 is 0.652 bits per heavy atom. The van der Waals surface area contributed by atoms with Crippen LogP contribution < -0.4 is 0 Å². The lowest BCUT2D eigenvalue weighted by molar-refractivity contribution is 1.16. The van der Waals surface area contributed by atoms with E-state index in [0.717, 1.165) is 4.47 Å². The molecule has 0 aliphatic heterocycles. The van der Waals surface area contributed by atoms with Crippen LogP contribution in [0.3, 0.4) is 0 Å². The number of fused-ring (bicyclic) bond motifs is 3. The molecule has 0 aliphatic rings. The summed E-state index contributed by atoms with van der Waals surface area (Å²) >= 11 is 3.64. The molecule has 0 fully saturated rings. The number of rotatable bonds is 1. The first kappa shape index (κ1) is 14.5. The lowest BCUT2D eigenvalue weighted by atomic mass is 10.1. The average molecular weight is 364 g/mol. The van der Waals surface area contributed by atoms with Crippen LogP contribution in [0.5, 0.6) is 0 Å². The van der Waals surface area contributed by atoms with E-state index in [-0.39, 0.29) is 0 Å². The molecular formula is C21H18BrN. The van der Waals surface area contributed by atoms with Crippen molar-refractivity contribution in [1.82, 2.24) is 4.57 Å². The Kier molecular flexibility index (Phi) is 3.31. The Morgan fingerprint density at radius 2 is 1.22 bits per heavy atom. The topological polar surface area (TPSA) is 4.93 Å². The largest absolute Gasteiger partial charge is 0.309 e. The summed E-state index contributed by atoms with van der Waals surface area (Å²) in [6, 6.07) is 20.0. The lowest BCUT2D eigenvalue weighted by Gasteiger charge is -2.10. The van der Waals surface area contributed by atoms with Gasteiger partial charge in [0.2, 0.25) is 0 Å². The van der Waals surface area contributed by atoms with Gasteiger partial charge >= 0.3 is 0 Å². The first-order chi connectivity index (χ1) is 11.0. The van der Waals surface area contributed by atoms with Gasteiger partial charge in [-0.3, -0.25) is 0 Å². The van der Waals surface area contributed by atoms with Crippen molar-refractivity contribution in [3.05, 3.63) is 75.8 Å². The van der Waals surface area contributed by atoms with Gasteiger partial charge in [0.1, 0.15) is 0 Å². The summed E-state index contributed by atoms with van der Waals surface area (Å²) in [7, 11) is 0. The second kappa shape index (κ2) is 5.24. The van der Waals surface area contributed by atoms with E-state index in [9.17, 15) is 0 Å². The van der Waals surface area contributed by atoms with Crippen molar-refractivity contribution < 1.29 is 0 Å². The smallest absolute Gasteiger partial charge is 0.0541 e. The molecule has 4 aromatic rings. The SMILES string of the molecule is Cc1cc(Br)cc(-n2c3ccc(C)cc3c3cc(C)ccc32)c1. The van der Waals surface area contributed by atoms with Gasteiger partial charge in [0, 0.05) is 20.9 Å². The van der Waals surface area contributed by atoms with Gasteiger partial charge in [-0.1, -0.05) is 39.2 Å². The van der Waals surface area contributed by atoms with Crippen LogP contribution in [-0.2, 0) is 0 Å². The molecule has 3 aromatic carbocycles. The molecule has 114 valence electrons.